The highest BCUT2D eigenvalue weighted by Gasteiger charge is 2.23. The fraction of sp³-hybridized carbons (Fsp3) is 0.727. The van der Waals surface area contributed by atoms with Gasteiger partial charge in [0.15, 0.2) is 0 Å². The summed E-state index contributed by atoms with van der Waals surface area (Å²) in [6.45, 7) is 1.54. The van der Waals surface area contributed by atoms with Crippen LogP contribution in [0.15, 0.2) is 0 Å². The van der Waals surface area contributed by atoms with E-state index in [1.54, 1.807) is 0 Å². The topological polar surface area (TPSA) is 98.7 Å². The van der Waals surface area contributed by atoms with Gasteiger partial charge in [0.2, 0.25) is 5.91 Å². The maximum atomic E-state index is 11.5. The fourth-order valence-electron chi connectivity index (χ4n) is 1.37. The molecule has 0 bridgehead atoms. The molecule has 1 fully saturated rings. The van der Waals surface area contributed by atoms with Crippen molar-refractivity contribution in [3.8, 4) is 0 Å². The third-order valence-corrected chi connectivity index (χ3v) is 2.66. The minimum atomic E-state index is -0.957. The first-order valence-electron chi connectivity index (χ1n) is 5.91. The highest BCUT2D eigenvalue weighted by atomic mass is 16.4. The van der Waals surface area contributed by atoms with Crippen molar-refractivity contribution in [1.82, 2.24) is 15.5 Å². The summed E-state index contributed by atoms with van der Waals surface area (Å²) >= 11 is 0. The Morgan fingerprint density at radius 3 is 2.50 bits per heavy atom. The number of nitrogens with one attached hydrogen (secondary N) is 2. The molecule has 18 heavy (non-hydrogen) atoms. The quantitative estimate of drug-likeness (QED) is 0.604. The zero-order chi connectivity index (χ0) is 13.7. The van der Waals surface area contributed by atoms with E-state index in [4.69, 9.17) is 5.11 Å². The van der Waals surface area contributed by atoms with E-state index >= 15 is 0 Å². The third kappa shape index (κ3) is 5.03. The predicted octanol–water partition coefficient (Wildman–Crippen LogP) is -0.373. The van der Waals surface area contributed by atoms with E-state index in [0.29, 0.717) is 0 Å². The molecule has 1 saturated carbocycles. The zero-order valence-electron chi connectivity index (χ0n) is 10.6. The van der Waals surface area contributed by atoms with Crippen molar-refractivity contribution < 1.29 is 19.5 Å². The van der Waals surface area contributed by atoms with Crippen LogP contribution in [-0.2, 0) is 9.59 Å². The number of carboxylic acids is 1. The van der Waals surface area contributed by atoms with E-state index < -0.39 is 17.9 Å². The zero-order valence-corrected chi connectivity index (χ0v) is 10.6. The van der Waals surface area contributed by atoms with Crippen LogP contribution < -0.4 is 10.6 Å². The van der Waals surface area contributed by atoms with Crippen molar-refractivity contribution >= 4 is 17.9 Å². The van der Waals surface area contributed by atoms with Crippen LogP contribution >= 0.6 is 0 Å². The van der Waals surface area contributed by atoms with E-state index in [1.165, 1.54) is 18.9 Å². The van der Waals surface area contributed by atoms with Gasteiger partial charge in [0, 0.05) is 19.6 Å². The van der Waals surface area contributed by atoms with Gasteiger partial charge in [-0.3, -0.25) is 9.59 Å². The molecular formula is C11H19N3O4. The Balaban J connectivity index is 2.21. The Morgan fingerprint density at radius 1 is 1.39 bits per heavy atom. The van der Waals surface area contributed by atoms with Crippen LogP contribution in [-0.4, -0.2) is 54.1 Å². The predicted molar refractivity (Wildman–Crippen MR) is 64.0 cm³/mol. The van der Waals surface area contributed by atoms with Gasteiger partial charge in [-0.15, -0.1) is 0 Å². The molecule has 1 aliphatic rings. The number of carboxylic acid groups (broad SMARTS) is 1. The van der Waals surface area contributed by atoms with E-state index in [1.807, 2.05) is 0 Å². The molecule has 102 valence electrons. The summed E-state index contributed by atoms with van der Waals surface area (Å²) in [4.78, 5) is 34.7. The minimum absolute atomic E-state index is 0.0822. The van der Waals surface area contributed by atoms with Gasteiger partial charge < -0.3 is 20.6 Å². The molecule has 7 heteroatoms. The normalized spacial score (nSPS) is 15.7. The molecule has 1 atom stereocenters. The fourth-order valence-corrected chi connectivity index (χ4v) is 1.37. The van der Waals surface area contributed by atoms with Gasteiger partial charge in [-0.25, -0.2) is 4.79 Å². The molecule has 0 radical (unpaired) electrons. The second-order valence-electron chi connectivity index (χ2n) is 4.62. The smallest absolute Gasteiger partial charge is 0.317 e. The van der Waals surface area contributed by atoms with Gasteiger partial charge in [0.05, 0.1) is 12.5 Å². The summed E-state index contributed by atoms with van der Waals surface area (Å²) in [5.74, 6) is -1.81. The molecule has 0 aromatic heterocycles. The van der Waals surface area contributed by atoms with E-state index in [2.05, 4.69) is 10.6 Å². The number of amides is 3. The monoisotopic (exact) mass is 257 g/mol. The average Bonchev–Trinajstić information content (AvgIpc) is 3.09. The summed E-state index contributed by atoms with van der Waals surface area (Å²) in [6.07, 6.45) is 1.99. The number of carbonyl (C=O) groups excluding carboxylic acids is 2. The van der Waals surface area contributed by atoms with Crippen LogP contribution in [0.25, 0.3) is 0 Å². The molecule has 7 nitrogen and oxygen atoms in total. The number of carbonyl (C=O) groups is 3. The molecule has 1 aliphatic carbocycles. The second-order valence-corrected chi connectivity index (χ2v) is 4.62. The van der Waals surface area contributed by atoms with Crippen molar-refractivity contribution in [2.75, 3.05) is 20.1 Å². The van der Waals surface area contributed by atoms with Crippen LogP contribution in [0, 0.1) is 5.92 Å². The summed E-state index contributed by atoms with van der Waals surface area (Å²) in [5.41, 5.74) is 0. The SMILES string of the molecule is CC(CN(C)C(=O)NCC(=O)NC1CC1)C(=O)O. The molecular weight excluding hydrogens is 238 g/mol. The molecule has 3 amide bonds. The number of urea groups is 1. The molecule has 1 rings (SSSR count). The lowest BCUT2D eigenvalue weighted by Crippen LogP contribution is -2.45. The van der Waals surface area contributed by atoms with Crippen molar-refractivity contribution in [3.05, 3.63) is 0 Å². The van der Waals surface area contributed by atoms with Gasteiger partial charge in [0.25, 0.3) is 0 Å². The Kier molecular flexibility index (Phi) is 4.94. The number of rotatable bonds is 6. The minimum Gasteiger partial charge on any atom is -0.481 e. The molecule has 0 spiro atoms. The van der Waals surface area contributed by atoms with Gasteiger partial charge in [0.1, 0.15) is 0 Å². The number of aliphatic carboxylic acids is 1. The molecule has 0 heterocycles. The van der Waals surface area contributed by atoms with Crippen LogP contribution in [0.2, 0.25) is 0 Å². The molecule has 1 unspecified atom stereocenters. The van der Waals surface area contributed by atoms with Crippen LogP contribution in [0.3, 0.4) is 0 Å². The lowest BCUT2D eigenvalue weighted by atomic mass is 10.2. The first-order chi connectivity index (χ1) is 8.40. The van der Waals surface area contributed by atoms with Crippen molar-refractivity contribution in [2.24, 2.45) is 5.92 Å². The van der Waals surface area contributed by atoms with Crippen LogP contribution in [0.1, 0.15) is 19.8 Å². The van der Waals surface area contributed by atoms with Crippen LogP contribution in [0.4, 0.5) is 4.79 Å². The first kappa shape index (κ1) is 14.3. The van der Waals surface area contributed by atoms with Crippen LogP contribution in [0.5, 0.6) is 0 Å². The Labute approximate surface area is 106 Å². The van der Waals surface area contributed by atoms with Gasteiger partial charge in [-0.1, -0.05) is 6.92 Å². The summed E-state index contributed by atoms with van der Waals surface area (Å²) in [6, 6.07) is -0.187. The maximum absolute atomic E-state index is 11.5. The van der Waals surface area contributed by atoms with E-state index in [9.17, 15) is 14.4 Å². The summed E-state index contributed by atoms with van der Waals surface area (Å²) in [5, 5.41) is 13.9. The lowest BCUT2D eigenvalue weighted by Gasteiger charge is -2.19. The molecule has 0 saturated heterocycles. The maximum Gasteiger partial charge on any atom is 0.317 e. The second kappa shape index (κ2) is 6.23. The molecule has 0 aromatic carbocycles. The highest BCUT2D eigenvalue weighted by Crippen LogP contribution is 2.18. The van der Waals surface area contributed by atoms with E-state index in [-0.39, 0.29) is 25.0 Å². The number of hydrogen-bond donors (Lipinski definition) is 3. The molecule has 0 aromatic rings. The number of nitrogens with zero attached hydrogens (tertiary/aromatic N) is 1. The summed E-state index contributed by atoms with van der Waals surface area (Å²) in [7, 11) is 1.49. The third-order valence-electron chi connectivity index (χ3n) is 2.66. The summed E-state index contributed by atoms with van der Waals surface area (Å²) < 4.78 is 0. The molecule has 0 aliphatic heterocycles. The largest absolute Gasteiger partial charge is 0.481 e. The number of hydrogen-bond acceptors (Lipinski definition) is 3. The standard InChI is InChI=1S/C11H19N3O4/c1-7(10(16)17)6-14(2)11(18)12-5-9(15)13-8-3-4-8/h7-8H,3-6H2,1-2H3,(H,12,18)(H,13,15)(H,16,17). The first-order valence-corrected chi connectivity index (χ1v) is 5.91. The van der Waals surface area contributed by atoms with Crippen molar-refractivity contribution in [2.45, 2.75) is 25.8 Å². The molecule has 3 N–H and O–H groups in total. The van der Waals surface area contributed by atoms with Gasteiger partial charge >= 0.3 is 12.0 Å². The Morgan fingerprint density at radius 2 is 2.00 bits per heavy atom. The van der Waals surface area contributed by atoms with Gasteiger partial charge in [-0.05, 0) is 12.8 Å². The Hall–Kier alpha value is -1.79. The average molecular weight is 257 g/mol. The lowest BCUT2D eigenvalue weighted by molar-refractivity contribution is -0.141. The van der Waals surface area contributed by atoms with Gasteiger partial charge in [-0.2, -0.15) is 0 Å². The highest BCUT2D eigenvalue weighted by molar-refractivity contribution is 5.84. The van der Waals surface area contributed by atoms with Crippen molar-refractivity contribution in [1.29, 1.82) is 0 Å². The Bertz CT molecular complexity index is 341. The van der Waals surface area contributed by atoms with Crippen molar-refractivity contribution in [3.63, 3.8) is 0 Å². The van der Waals surface area contributed by atoms with E-state index in [0.717, 1.165) is 12.8 Å².